The third-order valence-corrected chi connectivity index (χ3v) is 8.33. The highest BCUT2D eigenvalue weighted by molar-refractivity contribution is 6.07. The number of nitrogens with one attached hydrogen (secondary N) is 4. The van der Waals surface area contributed by atoms with Crippen LogP contribution in [0.5, 0.6) is 46.0 Å². The molecule has 19 heteroatoms. The molecule has 12 N–H and O–H groups in total. The maximum absolute atomic E-state index is 13.3. The predicted molar refractivity (Wildman–Crippen MR) is 215 cm³/mol. The van der Waals surface area contributed by atoms with Gasteiger partial charge in [0.05, 0.1) is 5.56 Å². The Morgan fingerprint density at radius 3 is 0.984 bits per heavy atom. The number of rotatable bonds is 10. The van der Waals surface area contributed by atoms with Crippen LogP contribution in [0.4, 0.5) is 24.5 Å². The van der Waals surface area contributed by atoms with Gasteiger partial charge in [0.15, 0.2) is 0 Å². The quantitative estimate of drug-likeness (QED) is 0.0713. The molecule has 0 atom stereocenters. The van der Waals surface area contributed by atoms with Crippen LogP contribution < -0.4 is 21.3 Å². The number of halogens is 3. The number of phenols is 8. The summed E-state index contributed by atoms with van der Waals surface area (Å²) in [6, 6.07) is 22.7. The standard InChI is InChI=1S/C22H20N2O6.C21H15F3N2O6/c25-17-5-15(6-18(26)9-17)21(29)23-11-13-2-1-3-14(4-13)12-24-22(30)16-7-19(27)10-20(28)8-16;22-21(23,24)12-5-13(25-19(31)10-1-15(27)8-16(28)2-10)7-14(6-12)26-20(32)11-3-17(29)9-18(30)4-11/h1-10,25-28H,11-12H2,(H,23,29)(H,24,30);1-9,27-30H,(H,25,31)(H,26,32). The number of carbonyl (C=O) groups is 4. The summed E-state index contributed by atoms with van der Waals surface area (Å²) in [5.41, 5.74) is -0.451. The second kappa shape index (κ2) is 19.0. The Bertz CT molecular complexity index is 2430. The fraction of sp³-hybridized carbons (Fsp3) is 0.0698. The molecule has 0 aliphatic carbocycles. The number of hydrogen-bond acceptors (Lipinski definition) is 12. The van der Waals surface area contributed by atoms with Crippen molar-refractivity contribution in [2.45, 2.75) is 19.3 Å². The summed E-state index contributed by atoms with van der Waals surface area (Å²) in [5, 5.41) is 85.6. The van der Waals surface area contributed by atoms with Gasteiger partial charge in [-0.25, -0.2) is 0 Å². The minimum atomic E-state index is -4.81. The third kappa shape index (κ3) is 12.7. The van der Waals surface area contributed by atoms with Crippen LogP contribution in [0.2, 0.25) is 0 Å². The normalized spacial score (nSPS) is 10.8. The Morgan fingerprint density at radius 1 is 0.403 bits per heavy atom. The predicted octanol–water partition coefficient (Wildman–Crippen LogP) is 6.40. The number of phenolic OH excluding ortho intramolecular Hbond substituents is 8. The number of carbonyl (C=O) groups excluding carboxylic acids is 4. The highest BCUT2D eigenvalue weighted by atomic mass is 19.4. The number of amides is 4. The fourth-order valence-electron chi connectivity index (χ4n) is 5.67. The van der Waals surface area contributed by atoms with Gasteiger partial charge in [-0.05, 0) is 77.9 Å². The van der Waals surface area contributed by atoms with E-state index in [4.69, 9.17) is 0 Å². The van der Waals surface area contributed by atoms with Crippen LogP contribution in [-0.4, -0.2) is 64.5 Å². The lowest BCUT2D eigenvalue weighted by atomic mass is 10.1. The summed E-state index contributed by atoms with van der Waals surface area (Å²) in [6.07, 6.45) is -4.81. The van der Waals surface area contributed by atoms with Gasteiger partial charge in [-0.2, -0.15) is 13.2 Å². The van der Waals surface area contributed by atoms with Gasteiger partial charge in [0, 0.05) is 71.0 Å². The van der Waals surface area contributed by atoms with E-state index in [1.165, 1.54) is 24.3 Å². The van der Waals surface area contributed by atoms with Crippen LogP contribution in [0.1, 0.15) is 58.1 Å². The largest absolute Gasteiger partial charge is 0.508 e. The second-order valence-electron chi connectivity index (χ2n) is 13.3. The fourth-order valence-corrected chi connectivity index (χ4v) is 5.67. The molecule has 0 aliphatic heterocycles. The van der Waals surface area contributed by atoms with Gasteiger partial charge in [0.25, 0.3) is 23.6 Å². The van der Waals surface area contributed by atoms with E-state index in [1.807, 2.05) is 0 Å². The van der Waals surface area contributed by atoms with Crippen LogP contribution in [-0.2, 0) is 19.3 Å². The molecule has 62 heavy (non-hydrogen) atoms. The first-order valence-electron chi connectivity index (χ1n) is 17.8. The Balaban J connectivity index is 0.000000235. The minimum Gasteiger partial charge on any atom is -0.508 e. The molecule has 0 aliphatic rings. The molecule has 6 aromatic rings. The molecule has 0 fully saturated rings. The van der Waals surface area contributed by atoms with Gasteiger partial charge in [-0.1, -0.05) is 24.3 Å². The number of alkyl halides is 3. The monoisotopic (exact) mass is 856 g/mol. The third-order valence-electron chi connectivity index (χ3n) is 8.33. The molecular weight excluding hydrogens is 821 g/mol. The summed E-state index contributed by atoms with van der Waals surface area (Å²) in [5.74, 6) is -5.32. The number of anilines is 2. The summed E-state index contributed by atoms with van der Waals surface area (Å²) in [7, 11) is 0. The van der Waals surface area contributed by atoms with Crippen molar-refractivity contribution < 1.29 is 73.2 Å². The number of benzene rings is 6. The van der Waals surface area contributed by atoms with Gasteiger partial charge < -0.3 is 62.1 Å². The van der Waals surface area contributed by atoms with Crippen LogP contribution in [0.25, 0.3) is 0 Å². The van der Waals surface area contributed by atoms with Gasteiger partial charge in [-0.3, -0.25) is 19.2 Å². The van der Waals surface area contributed by atoms with E-state index in [9.17, 15) is 73.2 Å². The molecule has 0 aromatic heterocycles. The van der Waals surface area contributed by atoms with Gasteiger partial charge >= 0.3 is 6.18 Å². The Labute approximate surface area is 348 Å². The zero-order valence-corrected chi connectivity index (χ0v) is 31.7. The molecule has 16 nitrogen and oxygen atoms in total. The van der Waals surface area contributed by atoms with E-state index in [0.717, 1.165) is 65.7 Å². The van der Waals surface area contributed by atoms with Gasteiger partial charge in [-0.15, -0.1) is 0 Å². The Kier molecular flexibility index (Phi) is 13.6. The molecule has 6 aromatic carbocycles. The van der Waals surface area contributed by atoms with E-state index in [1.54, 1.807) is 24.3 Å². The molecule has 0 radical (unpaired) electrons. The molecule has 0 saturated carbocycles. The Hall–Kier alpha value is -8.61. The maximum atomic E-state index is 13.3. The number of hydrogen-bond donors (Lipinski definition) is 12. The zero-order valence-electron chi connectivity index (χ0n) is 31.7. The van der Waals surface area contributed by atoms with Crippen LogP contribution >= 0.6 is 0 Å². The van der Waals surface area contributed by atoms with Crippen LogP contribution in [0.3, 0.4) is 0 Å². The smallest absolute Gasteiger partial charge is 0.416 e. The first-order chi connectivity index (χ1) is 29.2. The first kappa shape index (κ1) is 44.5. The van der Waals surface area contributed by atoms with Crippen molar-refractivity contribution in [3.63, 3.8) is 0 Å². The van der Waals surface area contributed by atoms with E-state index >= 15 is 0 Å². The van der Waals surface area contributed by atoms with E-state index in [-0.39, 0.29) is 69.7 Å². The maximum Gasteiger partial charge on any atom is 0.416 e. The molecule has 0 unspecified atom stereocenters. The lowest BCUT2D eigenvalue weighted by Crippen LogP contribution is -2.24. The lowest BCUT2D eigenvalue weighted by Gasteiger charge is -2.14. The molecule has 0 saturated heterocycles. The van der Waals surface area contributed by atoms with Crippen molar-refractivity contribution in [2.24, 2.45) is 0 Å². The number of aromatic hydroxyl groups is 8. The van der Waals surface area contributed by atoms with Crippen LogP contribution in [0.15, 0.2) is 115 Å². The van der Waals surface area contributed by atoms with E-state index < -0.39 is 58.4 Å². The van der Waals surface area contributed by atoms with Crippen LogP contribution in [0, 0.1) is 0 Å². The summed E-state index contributed by atoms with van der Waals surface area (Å²) < 4.78 is 40.0. The minimum absolute atomic E-state index is 0.130. The van der Waals surface area contributed by atoms with Crippen molar-refractivity contribution in [2.75, 3.05) is 10.6 Å². The lowest BCUT2D eigenvalue weighted by molar-refractivity contribution is -0.137. The highest BCUT2D eigenvalue weighted by Gasteiger charge is 2.32. The SMILES string of the molecule is O=C(NCc1cccc(CNC(=O)c2cc(O)cc(O)c2)c1)c1cc(O)cc(O)c1.O=C(Nc1cc(NC(=O)c2cc(O)cc(O)c2)cc(C(F)(F)F)c1)c1cc(O)cc(O)c1. The first-order valence-corrected chi connectivity index (χ1v) is 17.8. The van der Waals surface area contributed by atoms with Crippen molar-refractivity contribution in [1.29, 1.82) is 0 Å². The van der Waals surface area contributed by atoms with Crippen molar-refractivity contribution in [3.05, 3.63) is 154 Å². The second-order valence-corrected chi connectivity index (χ2v) is 13.3. The van der Waals surface area contributed by atoms with Crippen molar-refractivity contribution in [3.8, 4) is 46.0 Å². The highest BCUT2D eigenvalue weighted by Crippen LogP contribution is 2.34. The molecule has 0 heterocycles. The summed E-state index contributed by atoms with van der Waals surface area (Å²) in [4.78, 5) is 49.1. The Morgan fingerprint density at radius 2 is 0.694 bits per heavy atom. The molecule has 4 amide bonds. The topological polar surface area (TPSA) is 278 Å². The molecule has 320 valence electrons. The molecule has 6 rings (SSSR count). The summed E-state index contributed by atoms with van der Waals surface area (Å²) in [6.45, 7) is 0.412. The van der Waals surface area contributed by atoms with Crippen molar-refractivity contribution >= 4 is 35.0 Å². The summed E-state index contributed by atoms with van der Waals surface area (Å²) >= 11 is 0. The average molecular weight is 857 g/mol. The molecule has 0 spiro atoms. The molecule has 0 bridgehead atoms. The molecular formula is C43H35F3N4O12. The van der Waals surface area contributed by atoms with Gasteiger partial charge in [0.1, 0.15) is 46.0 Å². The zero-order chi connectivity index (χ0) is 45.3. The average Bonchev–Trinajstić information content (AvgIpc) is 3.17. The van der Waals surface area contributed by atoms with E-state index in [2.05, 4.69) is 21.3 Å². The van der Waals surface area contributed by atoms with Gasteiger partial charge in [0.2, 0.25) is 0 Å². The van der Waals surface area contributed by atoms with E-state index in [0.29, 0.717) is 12.1 Å². The van der Waals surface area contributed by atoms with Crippen molar-refractivity contribution in [1.82, 2.24) is 10.6 Å².